The van der Waals surface area contributed by atoms with Crippen LogP contribution in [0.3, 0.4) is 0 Å². The van der Waals surface area contributed by atoms with Crippen LogP contribution in [0.1, 0.15) is 32.1 Å². The minimum absolute atomic E-state index is 0.0535. The molecular weight excluding hydrogens is 695 g/mol. The minimum atomic E-state index is -0.632. The molecule has 1 fully saturated rings. The Morgan fingerprint density at radius 1 is 0.907 bits per heavy atom. The van der Waals surface area contributed by atoms with Crippen LogP contribution in [0, 0.1) is 5.82 Å². The van der Waals surface area contributed by atoms with Gasteiger partial charge in [0.1, 0.15) is 11.6 Å². The third-order valence-corrected chi connectivity index (χ3v) is 9.09. The molecule has 3 amide bonds. The van der Waals surface area contributed by atoms with E-state index in [1.807, 2.05) is 30.3 Å². The molecule has 14 nitrogen and oxygen atoms in total. The van der Waals surface area contributed by atoms with Crippen molar-refractivity contribution in [3.8, 4) is 16.9 Å². The summed E-state index contributed by atoms with van der Waals surface area (Å²) in [5.41, 5.74) is 9.06. The van der Waals surface area contributed by atoms with Crippen molar-refractivity contribution in [2.75, 3.05) is 71.9 Å². The van der Waals surface area contributed by atoms with Crippen LogP contribution in [0.2, 0.25) is 0 Å². The number of amides is 3. The molecule has 3 aromatic carbocycles. The van der Waals surface area contributed by atoms with E-state index in [-0.39, 0.29) is 61.2 Å². The van der Waals surface area contributed by atoms with E-state index in [9.17, 15) is 23.6 Å². The lowest BCUT2D eigenvalue weighted by molar-refractivity contribution is -0.131. The summed E-state index contributed by atoms with van der Waals surface area (Å²) in [6.45, 7) is 2.50. The molecular formula is C39H41FN8O6. The number of carbonyl (C=O) groups is 3. The first-order valence-electron chi connectivity index (χ1n) is 17.5. The van der Waals surface area contributed by atoms with Crippen molar-refractivity contribution in [2.24, 2.45) is 0 Å². The summed E-state index contributed by atoms with van der Waals surface area (Å²) < 4.78 is 25.7. The number of hydrogen-bond donors (Lipinski definition) is 4. The molecule has 2 aromatic heterocycles. The van der Waals surface area contributed by atoms with Gasteiger partial charge in [0, 0.05) is 62.8 Å². The van der Waals surface area contributed by atoms with Crippen molar-refractivity contribution in [1.29, 1.82) is 0 Å². The Kier molecular flexibility index (Phi) is 12.2. The summed E-state index contributed by atoms with van der Waals surface area (Å²) in [7, 11) is 1.59. The van der Waals surface area contributed by atoms with E-state index in [2.05, 4.69) is 25.8 Å². The number of anilines is 1. The first-order chi connectivity index (χ1) is 26.2. The van der Waals surface area contributed by atoms with Crippen LogP contribution in [-0.2, 0) is 16.0 Å². The Hall–Kier alpha value is -6.19. The summed E-state index contributed by atoms with van der Waals surface area (Å²) in [6, 6.07) is 20.6. The van der Waals surface area contributed by atoms with E-state index in [4.69, 9.17) is 15.2 Å². The molecule has 0 atom stereocenters. The molecule has 54 heavy (non-hydrogen) atoms. The Bertz CT molecular complexity index is 2200. The van der Waals surface area contributed by atoms with Crippen LogP contribution in [0.5, 0.6) is 5.75 Å². The summed E-state index contributed by atoms with van der Waals surface area (Å²) in [5, 5.41) is 13.7. The van der Waals surface area contributed by atoms with Gasteiger partial charge >= 0.3 is 0 Å². The number of piperazine rings is 1. The number of H-pyrrole nitrogens is 1. The molecule has 0 aliphatic carbocycles. The highest BCUT2D eigenvalue weighted by Gasteiger charge is 2.26. The van der Waals surface area contributed by atoms with Gasteiger partial charge in [-0.05, 0) is 47.5 Å². The lowest BCUT2D eigenvalue weighted by atomic mass is 10.0. The molecule has 0 bridgehead atoms. The fraction of sp³-hybridized carbons (Fsp3) is 0.282. The number of nitrogens with two attached hydrogens (primary N) is 1. The van der Waals surface area contributed by atoms with Crippen molar-refractivity contribution in [2.45, 2.75) is 6.42 Å². The second kappa shape index (κ2) is 17.6. The van der Waals surface area contributed by atoms with Gasteiger partial charge in [0.15, 0.2) is 5.69 Å². The lowest BCUT2D eigenvalue weighted by Crippen LogP contribution is -2.52. The standard InChI is InChI=1S/C39H41FN8O6/c1-53-28-6-4-5-26(21-28)27-22-33(41)36(44-23-27)38(51)43-12-18-54-17-11-42-24-35(49)47-13-15-48(16-14-47)39(52)31-19-25(9-10-32(31)40)20-34-29-7-2-3-8-30(29)37(50)46-45-34/h2-10,19,21-23,42H,11-18,20,24,41H2,1H3,(H,43,51)(H,46,50). The number of nitrogens with one attached hydrogen (secondary N) is 3. The Morgan fingerprint density at radius 3 is 2.44 bits per heavy atom. The van der Waals surface area contributed by atoms with Crippen molar-refractivity contribution in [3.05, 3.63) is 118 Å². The number of nitrogens with zero attached hydrogens (tertiary/aromatic N) is 4. The number of benzene rings is 3. The molecule has 1 aliphatic rings. The number of fused-ring (bicyclic) bond motifs is 1. The zero-order valence-electron chi connectivity index (χ0n) is 29.8. The highest BCUT2D eigenvalue weighted by atomic mass is 19.1. The van der Waals surface area contributed by atoms with Crippen molar-refractivity contribution in [1.82, 2.24) is 35.6 Å². The predicted octanol–water partition coefficient (Wildman–Crippen LogP) is 2.63. The van der Waals surface area contributed by atoms with Crippen LogP contribution in [0.4, 0.5) is 10.1 Å². The van der Waals surface area contributed by atoms with Crippen LogP contribution >= 0.6 is 0 Å². The molecule has 3 heterocycles. The first kappa shape index (κ1) is 37.6. The molecule has 5 aromatic rings. The molecule has 15 heteroatoms. The van der Waals surface area contributed by atoms with Gasteiger partial charge in [0.05, 0.1) is 49.2 Å². The number of aromatic nitrogens is 3. The van der Waals surface area contributed by atoms with Gasteiger partial charge < -0.3 is 35.6 Å². The van der Waals surface area contributed by atoms with Crippen molar-refractivity contribution < 1.29 is 28.2 Å². The average molecular weight is 737 g/mol. The molecule has 0 saturated carbocycles. The molecule has 5 N–H and O–H groups in total. The van der Waals surface area contributed by atoms with Crippen molar-refractivity contribution >= 4 is 34.2 Å². The second-order valence-electron chi connectivity index (χ2n) is 12.6. The highest BCUT2D eigenvalue weighted by molar-refractivity contribution is 5.98. The van der Waals surface area contributed by atoms with E-state index in [1.165, 1.54) is 12.1 Å². The van der Waals surface area contributed by atoms with Crippen LogP contribution < -0.4 is 26.7 Å². The Balaban J connectivity index is 0.879. The van der Waals surface area contributed by atoms with Gasteiger partial charge in [-0.15, -0.1) is 0 Å². The fourth-order valence-corrected chi connectivity index (χ4v) is 6.18. The number of carbonyl (C=O) groups excluding carboxylic acids is 3. The molecule has 1 saturated heterocycles. The summed E-state index contributed by atoms with van der Waals surface area (Å²) in [6.07, 6.45) is 1.88. The summed E-state index contributed by atoms with van der Waals surface area (Å²) in [5.74, 6) is -0.911. The third-order valence-electron chi connectivity index (χ3n) is 9.09. The maximum atomic E-state index is 14.9. The third kappa shape index (κ3) is 9.05. The number of halogens is 1. The van der Waals surface area contributed by atoms with Gasteiger partial charge in [-0.3, -0.25) is 19.2 Å². The van der Waals surface area contributed by atoms with Gasteiger partial charge in [0.2, 0.25) is 5.91 Å². The zero-order valence-corrected chi connectivity index (χ0v) is 29.8. The maximum Gasteiger partial charge on any atom is 0.272 e. The number of ether oxygens (including phenoxy) is 2. The van der Waals surface area contributed by atoms with Gasteiger partial charge in [-0.1, -0.05) is 36.4 Å². The van der Waals surface area contributed by atoms with Gasteiger partial charge in [-0.2, -0.15) is 5.10 Å². The quantitative estimate of drug-likeness (QED) is 0.124. The first-order valence-corrected chi connectivity index (χ1v) is 17.5. The van der Waals surface area contributed by atoms with Gasteiger partial charge in [-0.25, -0.2) is 14.5 Å². The number of pyridine rings is 1. The number of nitrogen functional groups attached to an aromatic ring is 1. The van der Waals surface area contributed by atoms with E-state index in [0.29, 0.717) is 60.4 Å². The number of aromatic amines is 1. The van der Waals surface area contributed by atoms with E-state index >= 15 is 0 Å². The second-order valence-corrected chi connectivity index (χ2v) is 12.6. The van der Waals surface area contributed by atoms with Crippen LogP contribution in [0.15, 0.2) is 83.8 Å². The van der Waals surface area contributed by atoms with Crippen LogP contribution in [0.25, 0.3) is 21.9 Å². The molecule has 0 unspecified atom stereocenters. The zero-order chi connectivity index (χ0) is 38.0. The van der Waals surface area contributed by atoms with E-state index in [0.717, 1.165) is 11.1 Å². The molecule has 0 spiro atoms. The molecule has 0 radical (unpaired) electrons. The monoisotopic (exact) mass is 736 g/mol. The fourth-order valence-electron chi connectivity index (χ4n) is 6.18. The largest absolute Gasteiger partial charge is 0.497 e. The average Bonchev–Trinajstić information content (AvgIpc) is 3.20. The molecule has 280 valence electrons. The van der Waals surface area contributed by atoms with Crippen LogP contribution in [-0.4, -0.2) is 109 Å². The Labute approximate surface area is 310 Å². The number of rotatable bonds is 14. The normalized spacial score (nSPS) is 12.9. The van der Waals surface area contributed by atoms with Gasteiger partial charge in [0.25, 0.3) is 17.4 Å². The minimum Gasteiger partial charge on any atom is -0.497 e. The SMILES string of the molecule is COc1cccc(-c2cnc(C(=O)NCCOCCNCC(=O)N3CCN(C(=O)c4cc(Cc5n[nH]c(=O)c6ccccc56)ccc4F)CC3)c(N)c2)c1. The Morgan fingerprint density at radius 2 is 1.67 bits per heavy atom. The lowest BCUT2D eigenvalue weighted by Gasteiger charge is -2.35. The smallest absolute Gasteiger partial charge is 0.272 e. The molecule has 6 rings (SSSR count). The maximum absolute atomic E-state index is 14.9. The van der Waals surface area contributed by atoms with E-state index < -0.39 is 17.6 Å². The molecule has 1 aliphatic heterocycles. The summed E-state index contributed by atoms with van der Waals surface area (Å²) in [4.78, 5) is 58.4. The van der Waals surface area contributed by atoms with E-state index in [1.54, 1.807) is 53.4 Å². The predicted molar refractivity (Wildman–Crippen MR) is 201 cm³/mol. The number of methoxy groups -OCH3 is 1. The van der Waals surface area contributed by atoms with Crippen molar-refractivity contribution in [3.63, 3.8) is 0 Å². The highest BCUT2D eigenvalue weighted by Crippen LogP contribution is 2.26. The topological polar surface area (TPSA) is 185 Å². The summed E-state index contributed by atoms with van der Waals surface area (Å²) >= 11 is 0. The number of hydrogen-bond acceptors (Lipinski definition) is 10.